The number of aromatic nitrogens is 3. The van der Waals surface area contributed by atoms with Crippen LogP contribution in [0.15, 0.2) is 89.7 Å². The zero-order valence-corrected chi connectivity index (χ0v) is 18.7. The molecule has 1 aliphatic carbocycles. The van der Waals surface area contributed by atoms with Crippen molar-refractivity contribution in [3.8, 4) is 11.1 Å². The van der Waals surface area contributed by atoms with Crippen LogP contribution in [0.2, 0.25) is 5.02 Å². The summed E-state index contributed by atoms with van der Waals surface area (Å²) < 4.78 is 1.39. The zero-order chi connectivity index (χ0) is 22.9. The molecule has 0 amide bonds. The second-order valence-corrected chi connectivity index (χ2v) is 8.88. The van der Waals surface area contributed by atoms with Crippen LogP contribution in [0.5, 0.6) is 0 Å². The van der Waals surface area contributed by atoms with Crippen LogP contribution in [0.25, 0.3) is 22.0 Å². The van der Waals surface area contributed by atoms with Gasteiger partial charge in [0, 0.05) is 22.4 Å². The van der Waals surface area contributed by atoms with Crippen LogP contribution in [0, 0.1) is 11.8 Å². The second-order valence-electron chi connectivity index (χ2n) is 8.44. The van der Waals surface area contributed by atoms with Crippen molar-refractivity contribution in [2.45, 2.75) is 19.4 Å². The van der Waals surface area contributed by atoms with Crippen molar-refractivity contribution in [2.75, 3.05) is 0 Å². The first-order chi connectivity index (χ1) is 16.0. The average Bonchev–Trinajstić information content (AvgIpc) is 3.21. The van der Waals surface area contributed by atoms with Gasteiger partial charge in [0.05, 0.1) is 11.9 Å². The first-order valence-corrected chi connectivity index (χ1v) is 11.3. The molecule has 0 N–H and O–H groups in total. The molecule has 5 rings (SSSR count). The Bertz CT molecular complexity index is 1410. The summed E-state index contributed by atoms with van der Waals surface area (Å²) in [5, 5.41) is 9.49. The minimum atomic E-state index is -0.250. The largest absolute Gasteiger partial charge is 0.294 e. The van der Waals surface area contributed by atoms with Crippen LogP contribution in [-0.4, -0.2) is 20.8 Å². The van der Waals surface area contributed by atoms with E-state index in [2.05, 4.69) is 16.9 Å². The minimum Gasteiger partial charge on any atom is -0.294 e. The highest BCUT2D eigenvalue weighted by atomic mass is 35.5. The van der Waals surface area contributed by atoms with Gasteiger partial charge in [-0.2, -0.15) is 0 Å². The molecule has 4 aromatic rings. The van der Waals surface area contributed by atoms with Crippen molar-refractivity contribution in [3.63, 3.8) is 0 Å². The third kappa shape index (κ3) is 4.12. The molecule has 33 heavy (non-hydrogen) atoms. The van der Waals surface area contributed by atoms with Crippen molar-refractivity contribution in [1.29, 1.82) is 0 Å². The zero-order valence-electron chi connectivity index (χ0n) is 17.9. The van der Waals surface area contributed by atoms with Gasteiger partial charge in [-0.15, -0.1) is 5.10 Å². The lowest BCUT2D eigenvalue weighted by Gasteiger charge is -2.15. The standard InChI is InChI=1S/C27H22ClN3O2/c1-17-21(16-31-27(33)24-4-2-3-5-25(24)29-30-31)12-15-23(17)26(32)20-8-6-18(7-9-20)19-10-13-22(28)14-11-19/h2-11,13-14,21,23H,1,12,15-16H2. The number of hydrogen-bond acceptors (Lipinski definition) is 4. The Labute approximate surface area is 196 Å². The molecule has 0 aliphatic heterocycles. The lowest BCUT2D eigenvalue weighted by Crippen LogP contribution is -2.27. The van der Waals surface area contributed by atoms with Crippen LogP contribution in [0.1, 0.15) is 23.2 Å². The third-order valence-corrected chi connectivity index (χ3v) is 6.71. The molecule has 6 heteroatoms. The van der Waals surface area contributed by atoms with E-state index in [0.717, 1.165) is 29.5 Å². The fourth-order valence-corrected chi connectivity index (χ4v) is 4.68. The monoisotopic (exact) mass is 455 g/mol. The number of nitrogens with zero attached hydrogens (tertiary/aromatic N) is 3. The predicted molar refractivity (Wildman–Crippen MR) is 130 cm³/mol. The Balaban J connectivity index is 1.31. The normalized spacial score (nSPS) is 18.0. The van der Waals surface area contributed by atoms with Crippen molar-refractivity contribution in [1.82, 2.24) is 15.0 Å². The quantitative estimate of drug-likeness (QED) is 0.291. The molecule has 1 fully saturated rings. The van der Waals surface area contributed by atoms with Crippen LogP contribution in [0.4, 0.5) is 0 Å². The molecular formula is C27H22ClN3O2. The maximum atomic E-state index is 13.2. The number of Topliss-reactive ketones (excluding diaryl/α,β-unsaturated/α-hetero) is 1. The van der Waals surface area contributed by atoms with Gasteiger partial charge in [-0.25, -0.2) is 4.68 Å². The first-order valence-electron chi connectivity index (χ1n) is 10.9. The van der Waals surface area contributed by atoms with E-state index in [1.54, 1.807) is 12.1 Å². The number of benzene rings is 3. The number of fused-ring (bicyclic) bond motifs is 1. The maximum absolute atomic E-state index is 13.2. The average molecular weight is 456 g/mol. The number of halogens is 1. The van der Waals surface area contributed by atoms with Gasteiger partial charge in [-0.05, 0) is 48.2 Å². The molecule has 1 aromatic heterocycles. The van der Waals surface area contributed by atoms with Gasteiger partial charge < -0.3 is 0 Å². The first kappa shape index (κ1) is 21.3. The highest BCUT2D eigenvalue weighted by Crippen LogP contribution is 2.38. The molecular weight excluding hydrogens is 434 g/mol. The number of carbonyl (C=O) groups excluding carboxylic acids is 1. The van der Waals surface area contributed by atoms with Gasteiger partial charge in [0.2, 0.25) is 0 Å². The number of ketones is 1. The van der Waals surface area contributed by atoms with E-state index in [9.17, 15) is 9.59 Å². The lowest BCUT2D eigenvalue weighted by atomic mass is 9.90. The Morgan fingerprint density at radius 3 is 2.36 bits per heavy atom. The van der Waals surface area contributed by atoms with E-state index >= 15 is 0 Å². The number of rotatable bonds is 5. The van der Waals surface area contributed by atoms with Gasteiger partial charge in [0.1, 0.15) is 5.52 Å². The summed E-state index contributed by atoms with van der Waals surface area (Å²) in [4.78, 5) is 26.0. The summed E-state index contributed by atoms with van der Waals surface area (Å²) >= 11 is 5.97. The molecule has 1 heterocycles. The molecule has 3 aromatic carbocycles. The van der Waals surface area contributed by atoms with E-state index < -0.39 is 0 Å². The van der Waals surface area contributed by atoms with Crippen LogP contribution in [-0.2, 0) is 6.54 Å². The fourth-order valence-electron chi connectivity index (χ4n) is 4.55. The Hall–Kier alpha value is -3.57. The van der Waals surface area contributed by atoms with Crippen molar-refractivity contribution >= 4 is 28.3 Å². The molecule has 1 aliphatic rings. The van der Waals surface area contributed by atoms with Crippen molar-refractivity contribution in [2.24, 2.45) is 11.8 Å². The molecule has 1 saturated carbocycles. The van der Waals surface area contributed by atoms with Gasteiger partial charge in [-0.3, -0.25) is 9.59 Å². The molecule has 0 saturated heterocycles. The van der Waals surface area contributed by atoms with Gasteiger partial charge >= 0.3 is 0 Å². The molecule has 5 nitrogen and oxygen atoms in total. The Morgan fingerprint density at radius 2 is 1.64 bits per heavy atom. The Kier molecular flexibility index (Phi) is 5.65. The summed E-state index contributed by atoms with van der Waals surface area (Å²) in [6.45, 7) is 4.61. The smallest absolute Gasteiger partial charge is 0.277 e. The van der Waals surface area contributed by atoms with Crippen LogP contribution < -0.4 is 5.56 Å². The summed E-state index contributed by atoms with van der Waals surface area (Å²) in [6, 6.07) is 22.4. The molecule has 0 radical (unpaired) electrons. The SMILES string of the molecule is C=C1C(Cn2nnc3ccccc3c2=O)CCC1C(=O)c1ccc(-c2ccc(Cl)cc2)cc1. The van der Waals surface area contributed by atoms with E-state index in [-0.39, 0.29) is 23.2 Å². The third-order valence-electron chi connectivity index (χ3n) is 6.46. The lowest BCUT2D eigenvalue weighted by molar-refractivity contribution is 0.0942. The predicted octanol–water partition coefficient (Wildman–Crippen LogP) is 5.58. The van der Waals surface area contributed by atoms with Crippen molar-refractivity contribution in [3.05, 3.63) is 106 Å². The maximum Gasteiger partial charge on any atom is 0.277 e. The molecule has 2 unspecified atom stereocenters. The van der Waals surface area contributed by atoms with E-state index in [1.165, 1.54) is 4.68 Å². The van der Waals surface area contributed by atoms with E-state index in [1.807, 2.05) is 60.7 Å². The van der Waals surface area contributed by atoms with Gasteiger partial charge in [0.15, 0.2) is 5.78 Å². The van der Waals surface area contributed by atoms with E-state index in [0.29, 0.717) is 28.0 Å². The number of hydrogen-bond donors (Lipinski definition) is 0. The van der Waals surface area contributed by atoms with Crippen LogP contribution in [0.3, 0.4) is 0 Å². The molecule has 0 spiro atoms. The van der Waals surface area contributed by atoms with Gasteiger partial charge in [-0.1, -0.05) is 77.5 Å². The summed E-state index contributed by atoms with van der Waals surface area (Å²) in [5.41, 5.74) is 4.03. The molecule has 164 valence electrons. The highest BCUT2D eigenvalue weighted by molar-refractivity contribution is 6.30. The minimum absolute atomic E-state index is 0.0143. The highest BCUT2D eigenvalue weighted by Gasteiger charge is 2.34. The fraction of sp³-hybridized carbons (Fsp3) is 0.185. The summed E-state index contributed by atoms with van der Waals surface area (Å²) in [6.07, 6.45) is 1.51. The topological polar surface area (TPSA) is 64.8 Å². The molecule has 2 atom stereocenters. The number of carbonyl (C=O) groups is 1. The molecule has 0 bridgehead atoms. The van der Waals surface area contributed by atoms with Crippen LogP contribution >= 0.6 is 11.6 Å². The van der Waals surface area contributed by atoms with Gasteiger partial charge in [0.25, 0.3) is 5.56 Å². The van der Waals surface area contributed by atoms with E-state index in [4.69, 9.17) is 11.6 Å². The van der Waals surface area contributed by atoms with Crippen molar-refractivity contribution < 1.29 is 4.79 Å². The number of allylic oxidation sites excluding steroid dienone is 1. The summed E-state index contributed by atoms with van der Waals surface area (Å²) in [7, 11) is 0. The second kappa shape index (κ2) is 8.75. The summed E-state index contributed by atoms with van der Waals surface area (Å²) in [5.74, 6) is -0.164. The Morgan fingerprint density at radius 1 is 0.970 bits per heavy atom.